The van der Waals surface area contributed by atoms with Gasteiger partial charge in [0.2, 0.25) is 0 Å². The van der Waals surface area contributed by atoms with Crippen LogP contribution in [-0.4, -0.2) is 4.98 Å². The lowest BCUT2D eigenvalue weighted by Gasteiger charge is -2.08. The Hall–Kier alpha value is -2.17. The minimum absolute atomic E-state index is 1.03. The van der Waals surface area contributed by atoms with Gasteiger partial charge in [0.1, 0.15) is 0 Å². The van der Waals surface area contributed by atoms with Crippen LogP contribution in [0.25, 0.3) is 32.3 Å². The molecule has 4 aromatic rings. The van der Waals surface area contributed by atoms with Crippen molar-refractivity contribution in [3.63, 3.8) is 0 Å². The van der Waals surface area contributed by atoms with Gasteiger partial charge >= 0.3 is 0 Å². The maximum atomic E-state index is 5.26. The third-order valence-electron chi connectivity index (χ3n) is 3.87. The minimum atomic E-state index is 1.03. The molecule has 0 saturated heterocycles. The highest BCUT2D eigenvalue weighted by atomic mass is 32.1. The van der Waals surface area contributed by atoms with Gasteiger partial charge in [0.25, 0.3) is 0 Å². The number of thiophene rings is 2. The molecule has 23 heavy (non-hydrogen) atoms. The van der Waals surface area contributed by atoms with E-state index < -0.39 is 0 Å². The van der Waals surface area contributed by atoms with Crippen molar-refractivity contribution in [2.75, 3.05) is 0 Å². The van der Waals surface area contributed by atoms with E-state index in [2.05, 4.69) is 48.9 Å². The van der Waals surface area contributed by atoms with Crippen molar-refractivity contribution in [3.8, 4) is 32.3 Å². The molecule has 4 rings (SSSR count). The third-order valence-corrected chi connectivity index (χ3v) is 5.95. The predicted octanol–water partition coefficient (Wildman–Crippen LogP) is 6.42. The number of hydrogen-bond acceptors (Lipinski definition) is 4. The normalized spacial score (nSPS) is 11.0. The highest BCUT2D eigenvalue weighted by molar-refractivity contribution is 7.14. The molecule has 0 aromatic carbocycles. The first-order chi connectivity index (χ1) is 11.2. The average Bonchev–Trinajstić information content (AvgIpc) is 3.28. The Morgan fingerprint density at radius 2 is 1.43 bits per heavy atom. The zero-order chi connectivity index (χ0) is 15.8. The molecule has 114 valence electrons. The summed E-state index contributed by atoms with van der Waals surface area (Å²) in [6, 6.07) is 10.6. The first kappa shape index (κ1) is 14.4. The first-order valence-electron chi connectivity index (χ1n) is 7.36. The summed E-state index contributed by atoms with van der Waals surface area (Å²) in [5.41, 5.74) is 6.80. The molecule has 0 unspecified atom stereocenters. The Morgan fingerprint density at radius 3 is 1.87 bits per heavy atom. The van der Waals surface area contributed by atoms with Gasteiger partial charge in [-0.3, -0.25) is 0 Å². The quantitative estimate of drug-likeness (QED) is 0.431. The van der Waals surface area contributed by atoms with Crippen molar-refractivity contribution >= 4 is 22.7 Å². The Bertz CT molecular complexity index is 889. The number of aryl methyl sites for hydroxylation is 2. The SMILES string of the molecule is Cc1ccsc1-c1cc(-c2ccoc2)cc(-c2sccc2C)n1. The van der Waals surface area contributed by atoms with E-state index in [1.54, 1.807) is 35.2 Å². The molecular formula is C19H15NOS2. The molecule has 0 aliphatic rings. The van der Waals surface area contributed by atoms with Crippen molar-refractivity contribution in [2.45, 2.75) is 13.8 Å². The van der Waals surface area contributed by atoms with E-state index in [0.717, 1.165) is 22.5 Å². The molecule has 0 saturated carbocycles. The van der Waals surface area contributed by atoms with Crippen molar-refractivity contribution in [3.05, 3.63) is 64.7 Å². The third kappa shape index (κ3) is 2.64. The number of aromatic nitrogens is 1. The Kier molecular flexibility index (Phi) is 3.63. The average molecular weight is 337 g/mol. The molecule has 4 aromatic heterocycles. The summed E-state index contributed by atoms with van der Waals surface area (Å²) in [7, 11) is 0. The van der Waals surface area contributed by atoms with Gasteiger partial charge in [-0.1, -0.05) is 0 Å². The second-order valence-electron chi connectivity index (χ2n) is 5.50. The fourth-order valence-corrected chi connectivity index (χ4v) is 4.40. The maximum absolute atomic E-state index is 5.26. The zero-order valence-electron chi connectivity index (χ0n) is 12.9. The summed E-state index contributed by atoms with van der Waals surface area (Å²) >= 11 is 3.47. The molecule has 0 spiro atoms. The highest BCUT2D eigenvalue weighted by Gasteiger charge is 2.13. The lowest BCUT2D eigenvalue weighted by Crippen LogP contribution is -1.90. The second-order valence-corrected chi connectivity index (χ2v) is 7.34. The van der Waals surface area contributed by atoms with E-state index in [1.807, 2.05) is 6.07 Å². The Balaban J connectivity index is 1.95. The standard InChI is InChI=1S/C19H15NOS2/c1-12-4-7-22-18(12)16-9-15(14-3-6-21-11-14)10-17(20-16)19-13(2)5-8-23-19/h3-11H,1-2H3. The number of furan rings is 1. The summed E-state index contributed by atoms with van der Waals surface area (Å²) in [6.07, 6.45) is 3.49. The number of hydrogen-bond donors (Lipinski definition) is 0. The van der Waals surface area contributed by atoms with Crippen LogP contribution in [-0.2, 0) is 0 Å². The van der Waals surface area contributed by atoms with Crippen LogP contribution in [0, 0.1) is 13.8 Å². The van der Waals surface area contributed by atoms with Crippen LogP contribution in [0.3, 0.4) is 0 Å². The van der Waals surface area contributed by atoms with E-state index in [9.17, 15) is 0 Å². The van der Waals surface area contributed by atoms with Crippen LogP contribution < -0.4 is 0 Å². The molecule has 4 heteroatoms. The van der Waals surface area contributed by atoms with Crippen molar-refractivity contribution in [2.24, 2.45) is 0 Å². The van der Waals surface area contributed by atoms with Crippen LogP contribution in [0.1, 0.15) is 11.1 Å². The summed E-state index contributed by atoms with van der Waals surface area (Å²) in [5.74, 6) is 0. The Labute approximate surface area is 143 Å². The summed E-state index contributed by atoms with van der Waals surface area (Å²) in [6.45, 7) is 4.27. The van der Waals surface area contributed by atoms with Crippen LogP contribution >= 0.6 is 22.7 Å². The van der Waals surface area contributed by atoms with Gasteiger partial charge in [-0.25, -0.2) is 4.98 Å². The molecule has 0 radical (unpaired) electrons. The van der Waals surface area contributed by atoms with E-state index in [4.69, 9.17) is 9.40 Å². The molecule has 0 amide bonds. The van der Waals surface area contributed by atoms with Crippen molar-refractivity contribution in [1.29, 1.82) is 0 Å². The number of pyridine rings is 1. The van der Waals surface area contributed by atoms with Gasteiger partial charge in [-0.2, -0.15) is 0 Å². The van der Waals surface area contributed by atoms with E-state index in [-0.39, 0.29) is 0 Å². The maximum Gasteiger partial charge on any atom is 0.0980 e. The summed E-state index contributed by atoms with van der Waals surface area (Å²) in [5, 5.41) is 4.24. The largest absolute Gasteiger partial charge is 0.472 e. The summed E-state index contributed by atoms with van der Waals surface area (Å²) in [4.78, 5) is 7.40. The van der Waals surface area contributed by atoms with Crippen molar-refractivity contribution < 1.29 is 4.42 Å². The highest BCUT2D eigenvalue weighted by Crippen LogP contribution is 2.36. The molecule has 0 bridgehead atoms. The lowest BCUT2D eigenvalue weighted by atomic mass is 10.1. The van der Waals surface area contributed by atoms with Crippen LogP contribution in [0.15, 0.2) is 58.0 Å². The van der Waals surface area contributed by atoms with Gasteiger partial charge in [0, 0.05) is 5.56 Å². The molecule has 2 nitrogen and oxygen atoms in total. The fourth-order valence-electron chi connectivity index (χ4n) is 2.63. The van der Waals surface area contributed by atoms with Crippen LogP contribution in [0.4, 0.5) is 0 Å². The zero-order valence-corrected chi connectivity index (χ0v) is 14.5. The van der Waals surface area contributed by atoms with Gasteiger partial charge in [0.15, 0.2) is 0 Å². The minimum Gasteiger partial charge on any atom is -0.472 e. The molecule has 0 N–H and O–H groups in total. The molecule has 0 aliphatic carbocycles. The molecular weight excluding hydrogens is 322 g/mol. The molecule has 0 atom stereocenters. The summed E-state index contributed by atoms with van der Waals surface area (Å²) < 4.78 is 5.26. The van der Waals surface area contributed by atoms with Gasteiger partial charge in [0.05, 0.1) is 33.7 Å². The van der Waals surface area contributed by atoms with Crippen molar-refractivity contribution in [1.82, 2.24) is 4.98 Å². The second kappa shape index (κ2) is 5.80. The molecule has 0 fully saturated rings. The number of nitrogens with zero attached hydrogens (tertiary/aromatic N) is 1. The van der Waals surface area contributed by atoms with Crippen LogP contribution in [0.2, 0.25) is 0 Å². The lowest BCUT2D eigenvalue weighted by molar-refractivity contribution is 0.568. The smallest absolute Gasteiger partial charge is 0.0980 e. The van der Waals surface area contributed by atoms with E-state index in [1.165, 1.54) is 20.9 Å². The van der Waals surface area contributed by atoms with Crippen LogP contribution in [0.5, 0.6) is 0 Å². The predicted molar refractivity (Wildman–Crippen MR) is 98.0 cm³/mol. The van der Waals surface area contributed by atoms with E-state index >= 15 is 0 Å². The fraction of sp³-hybridized carbons (Fsp3) is 0.105. The van der Waals surface area contributed by atoms with Gasteiger partial charge in [-0.05, 0) is 71.6 Å². The molecule has 4 heterocycles. The monoisotopic (exact) mass is 337 g/mol. The first-order valence-corrected chi connectivity index (χ1v) is 9.12. The van der Waals surface area contributed by atoms with Gasteiger partial charge < -0.3 is 4.42 Å². The molecule has 0 aliphatic heterocycles. The van der Waals surface area contributed by atoms with Gasteiger partial charge in [-0.15, -0.1) is 22.7 Å². The number of rotatable bonds is 3. The van der Waals surface area contributed by atoms with E-state index in [0.29, 0.717) is 0 Å². The topological polar surface area (TPSA) is 26.0 Å². The Morgan fingerprint density at radius 1 is 0.826 bits per heavy atom.